The summed E-state index contributed by atoms with van der Waals surface area (Å²) in [5.41, 5.74) is 0.857. The topological polar surface area (TPSA) is 85.4 Å². The van der Waals surface area contributed by atoms with Gasteiger partial charge >= 0.3 is 0 Å². The van der Waals surface area contributed by atoms with Gasteiger partial charge in [-0.05, 0) is 48.6 Å². The van der Waals surface area contributed by atoms with Crippen molar-refractivity contribution in [1.82, 2.24) is 4.98 Å². The van der Waals surface area contributed by atoms with Crippen LogP contribution in [-0.2, 0) is 9.84 Å². The van der Waals surface area contributed by atoms with Gasteiger partial charge in [0.05, 0.1) is 4.90 Å². The van der Waals surface area contributed by atoms with Crippen molar-refractivity contribution in [3.05, 3.63) is 48.2 Å². The molecule has 8 heteroatoms. The average molecular weight is 378 g/mol. The van der Waals surface area contributed by atoms with Gasteiger partial charge in [-0.2, -0.15) is 11.8 Å². The molecule has 1 unspecified atom stereocenters. The molecule has 1 saturated heterocycles. The summed E-state index contributed by atoms with van der Waals surface area (Å²) < 4.78 is 28.8. The lowest BCUT2D eigenvalue weighted by Gasteiger charge is -2.14. The Balaban J connectivity index is 1.75. The summed E-state index contributed by atoms with van der Waals surface area (Å²) in [7, 11) is -3.27. The molecule has 132 valence electrons. The van der Waals surface area contributed by atoms with E-state index in [1.165, 1.54) is 12.1 Å². The van der Waals surface area contributed by atoms with Crippen LogP contribution in [0.5, 0.6) is 5.88 Å². The lowest BCUT2D eigenvalue weighted by atomic mass is 10.2. The van der Waals surface area contributed by atoms with E-state index in [1.807, 2.05) is 11.8 Å². The number of benzene rings is 1. The molecule has 1 aromatic carbocycles. The Kier molecular flexibility index (Phi) is 5.29. The Morgan fingerprint density at radius 1 is 1.28 bits per heavy atom. The van der Waals surface area contributed by atoms with E-state index in [1.54, 1.807) is 30.5 Å². The van der Waals surface area contributed by atoms with Crippen molar-refractivity contribution in [2.45, 2.75) is 17.4 Å². The largest absolute Gasteiger partial charge is 0.473 e. The molecule has 1 N–H and O–H groups in total. The zero-order valence-corrected chi connectivity index (χ0v) is 15.3. The van der Waals surface area contributed by atoms with Crippen molar-refractivity contribution >= 4 is 33.2 Å². The highest BCUT2D eigenvalue weighted by atomic mass is 32.2. The minimum atomic E-state index is -3.27. The number of rotatable bonds is 5. The second-order valence-electron chi connectivity index (χ2n) is 5.71. The van der Waals surface area contributed by atoms with E-state index in [0.29, 0.717) is 17.1 Å². The van der Waals surface area contributed by atoms with Gasteiger partial charge < -0.3 is 10.1 Å². The molecule has 25 heavy (non-hydrogen) atoms. The number of ether oxygens (including phenoxy) is 1. The maximum Gasteiger partial charge on any atom is 0.261 e. The SMILES string of the molecule is CS(=O)(=O)c1ccc(NC(=O)c2cccnc2OC2CCSC2)cc1. The zero-order valence-electron chi connectivity index (χ0n) is 13.6. The quantitative estimate of drug-likeness (QED) is 0.861. The van der Waals surface area contributed by atoms with Crippen molar-refractivity contribution in [2.24, 2.45) is 0 Å². The highest BCUT2D eigenvalue weighted by molar-refractivity contribution is 7.99. The third kappa shape index (κ3) is 4.52. The van der Waals surface area contributed by atoms with Crippen LogP contribution in [0.15, 0.2) is 47.5 Å². The van der Waals surface area contributed by atoms with Crippen molar-refractivity contribution in [3.63, 3.8) is 0 Å². The van der Waals surface area contributed by atoms with E-state index in [4.69, 9.17) is 4.74 Å². The molecule has 1 aromatic heterocycles. The fourth-order valence-electron chi connectivity index (χ4n) is 2.41. The summed E-state index contributed by atoms with van der Waals surface area (Å²) >= 11 is 1.82. The van der Waals surface area contributed by atoms with Gasteiger partial charge in [-0.3, -0.25) is 4.79 Å². The van der Waals surface area contributed by atoms with E-state index < -0.39 is 9.84 Å². The number of thioether (sulfide) groups is 1. The molecule has 2 heterocycles. The normalized spacial score (nSPS) is 17.2. The van der Waals surface area contributed by atoms with Gasteiger partial charge in [0.25, 0.3) is 5.91 Å². The van der Waals surface area contributed by atoms with Crippen molar-refractivity contribution in [3.8, 4) is 5.88 Å². The molecule has 1 aliphatic heterocycles. The standard InChI is InChI=1S/C17H18N2O4S2/c1-25(21,22)14-6-4-12(5-7-14)19-16(20)15-3-2-9-18-17(15)23-13-8-10-24-11-13/h2-7,9,13H,8,10-11H2,1H3,(H,19,20). The van der Waals surface area contributed by atoms with Gasteiger partial charge in [-0.25, -0.2) is 13.4 Å². The monoisotopic (exact) mass is 378 g/mol. The van der Waals surface area contributed by atoms with Crippen molar-refractivity contribution in [2.75, 3.05) is 23.1 Å². The lowest BCUT2D eigenvalue weighted by Crippen LogP contribution is -2.20. The predicted molar refractivity (Wildman–Crippen MR) is 98.1 cm³/mol. The smallest absolute Gasteiger partial charge is 0.261 e. The fourth-order valence-corrected chi connectivity index (χ4v) is 4.13. The van der Waals surface area contributed by atoms with Crippen LogP contribution in [0.3, 0.4) is 0 Å². The third-order valence-corrected chi connectivity index (χ3v) is 5.98. The molecule has 1 amide bonds. The Morgan fingerprint density at radius 2 is 2.04 bits per heavy atom. The molecule has 0 radical (unpaired) electrons. The second kappa shape index (κ2) is 7.45. The summed E-state index contributed by atoms with van der Waals surface area (Å²) in [5.74, 6) is 1.91. The molecule has 1 atom stereocenters. The Hall–Kier alpha value is -2.06. The van der Waals surface area contributed by atoms with Crippen LogP contribution < -0.4 is 10.1 Å². The van der Waals surface area contributed by atoms with Gasteiger partial charge in [-0.15, -0.1) is 0 Å². The Morgan fingerprint density at radius 3 is 2.68 bits per heavy atom. The minimum Gasteiger partial charge on any atom is -0.473 e. The van der Waals surface area contributed by atoms with E-state index in [2.05, 4.69) is 10.3 Å². The highest BCUT2D eigenvalue weighted by Crippen LogP contribution is 2.25. The molecule has 0 spiro atoms. The first-order chi connectivity index (χ1) is 11.9. The van der Waals surface area contributed by atoms with E-state index >= 15 is 0 Å². The number of carbonyl (C=O) groups is 1. The van der Waals surface area contributed by atoms with Crippen LogP contribution in [-0.4, -0.2) is 43.2 Å². The Bertz CT molecular complexity index is 860. The summed E-state index contributed by atoms with van der Waals surface area (Å²) in [6.45, 7) is 0. The number of nitrogens with one attached hydrogen (secondary N) is 1. The average Bonchev–Trinajstić information content (AvgIpc) is 3.08. The van der Waals surface area contributed by atoms with Crippen molar-refractivity contribution in [1.29, 1.82) is 0 Å². The first kappa shape index (κ1) is 17.8. The molecule has 0 aliphatic carbocycles. The predicted octanol–water partition coefficient (Wildman–Crippen LogP) is 2.62. The molecular formula is C17H18N2O4S2. The summed E-state index contributed by atoms with van der Waals surface area (Å²) in [6, 6.07) is 9.36. The maximum absolute atomic E-state index is 12.5. The van der Waals surface area contributed by atoms with Crippen LogP contribution in [0.4, 0.5) is 5.69 Å². The van der Waals surface area contributed by atoms with Crippen LogP contribution >= 0.6 is 11.8 Å². The van der Waals surface area contributed by atoms with E-state index in [9.17, 15) is 13.2 Å². The molecule has 0 saturated carbocycles. The van der Waals surface area contributed by atoms with Gasteiger partial charge in [-0.1, -0.05) is 0 Å². The zero-order chi connectivity index (χ0) is 17.9. The number of pyridine rings is 1. The number of aromatic nitrogens is 1. The molecule has 1 aliphatic rings. The second-order valence-corrected chi connectivity index (χ2v) is 8.88. The Labute approximate surface area is 150 Å². The summed E-state index contributed by atoms with van der Waals surface area (Å²) in [4.78, 5) is 16.9. The van der Waals surface area contributed by atoms with Gasteiger partial charge in [0, 0.05) is 23.9 Å². The minimum absolute atomic E-state index is 0.0699. The summed E-state index contributed by atoms with van der Waals surface area (Å²) in [5, 5.41) is 2.74. The van der Waals surface area contributed by atoms with Crippen LogP contribution in [0.2, 0.25) is 0 Å². The molecule has 0 bridgehead atoms. The third-order valence-electron chi connectivity index (χ3n) is 3.72. The van der Waals surface area contributed by atoms with E-state index in [0.717, 1.165) is 24.2 Å². The van der Waals surface area contributed by atoms with Gasteiger partial charge in [0.1, 0.15) is 11.7 Å². The van der Waals surface area contributed by atoms with Crippen LogP contribution in [0.25, 0.3) is 0 Å². The number of hydrogen-bond donors (Lipinski definition) is 1. The molecule has 2 aromatic rings. The molecular weight excluding hydrogens is 360 g/mol. The first-order valence-corrected chi connectivity index (χ1v) is 10.8. The van der Waals surface area contributed by atoms with Crippen LogP contribution in [0, 0.1) is 0 Å². The highest BCUT2D eigenvalue weighted by Gasteiger charge is 2.21. The summed E-state index contributed by atoms with van der Waals surface area (Å²) in [6.07, 6.45) is 3.74. The fraction of sp³-hybridized carbons (Fsp3) is 0.294. The number of amides is 1. The maximum atomic E-state index is 12.5. The number of sulfone groups is 1. The molecule has 3 rings (SSSR count). The number of nitrogens with zero attached hydrogens (tertiary/aromatic N) is 1. The number of hydrogen-bond acceptors (Lipinski definition) is 6. The lowest BCUT2D eigenvalue weighted by molar-refractivity contribution is 0.101. The number of anilines is 1. The molecule has 6 nitrogen and oxygen atoms in total. The van der Waals surface area contributed by atoms with E-state index in [-0.39, 0.29) is 16.9 Å². The molecule has 1 fully saturated rings. The number of carbonyl (C=O) groups excluding carboxylic acids is 1. The van der Waals surface area contributed by atoms with Crippen molar-refractivity contribution < 1.29 is 17.9 Å². The van der Waals surface area contributed by atoms with Gasteiger partial charge in [0.2, 0.25) is 5.88 Å². The van der Waals surface area contributed by atoms with Gasteiger partial charge in [0.15, 0.2) is 9.84 Å². The first-order valence-electron chi connectivity index (χ1n) is 7.74. The van der Waals surface area contributed by atoms with Crippen LogP contribution in [0.1, 0.15) is 16.8 Å².